The molecule has 0 aliphatic carbocycles. The predicted molar refractivity (Wildman–Crippen MR) is 67.5 cm³/mol. The molecule has 1 unspecified atom stereocenters. The minimum absolute atomic E-state index is 0.189. The van der Waals surface area contributed by atoms with Gasteiger partial charge in [-0.25, -0.2) is 0 Å². The molecule has 5 heteroatoms. The van der Waals surface area contributed by atoms with Gasteiger partial charge in [-0.2, -0.15) is 0 Å². The Bertz CT molecular complexity index is 434. The molecule has 0 bridgehead atoms. The average molecular weight is 250 g/mol. The van der Waals surface area contributed by atoms with Gasteiger partial charge in [0.1, 0.15) is 11.8 Å². The quantitative estimate of drug-likeness (QED) is 0.741. The highest BCUT2D eigenvalue weighted by atomic mass is 16.5. The van der Waals surface area contributed by atoms with Gasteiger partial charge in [-0.3, -0.25) is 4.79 Å². The molecular formula is C13H18N2O3. The number of hydrogen-bond donors (Lipinski definition) is 2. The van der Waals surface area contributed by atoms with Crippen molar-refractivity contribution in [1.82, 2.24) is 5.32 Å². The monoisotopic (exact) mass is 250 g/mol. The normalized spacial score (nSPS) is 14.8. The van der Waals surface area contributed by atoms with Gasteiger partial charge in [0.15, 0.2) is 0 Å². The van der Waals surface area contributed by atoms with E-state index in [9.17, 15) is 4.79 Å². The Labute approximate surface area is 106 Å². The van der Waals surface area contributed by atoms with Crippen LogP contribution < -0.4 is 15.8 Å². The lowest BCUT2D eigenvalue weighted by molar-refractivity contribution is -0.122. The van der Waals surface area contributed by atoms with E-state index in [1.54, 1.807) is 7.11 Å². The SMILES string of the molecule is COCCNC(=O)C(N)c1ccc2c(c1)CCO2. The maximum Gasteiger partial charge on any atom is 0.241 e. The summed E-state index contributed by atoms with van der Waals surface area (Å²) in [6.07, 6.45) is 0.876. The van der Waals surface area contributed by atoms with E-state index in [1.807, 2.05) is 18.2 Å². The number of rotatable bonds is 5. The zero-order chi connectivity index (χ0) is 13.0. The number of ether oxygens (including phenoxy) is 2. The van der Waals surface area contributed by atoms with Crippen LogP contribution in [0.2, 0.25) is 0 Å². The van der Waals surface area contributed by atoms with Crippen molar-refractivity contribution in [3.63, 3.8) is 0 Å². The Morgan fingerprint density at radius 3 is 3.22 bits per heavy atom. The van der Waals surface area contributed by atoms with Crippen molar-refractivity contribution < 1.29 is 14.3 Å². The minimum atomic E-state index is -0.646. The summed E-state index contributed by atoms with van der Waals surface area (Å²) in [6.45, 7) is 1.65. The van der Waals surface area contributed by atoms with Crippen LogP contribution in [0.3, 0.4) is 0 Å². The number of amides is 1. The highest BCUT2D eigenvalue weighted by Gasteiger charge is 2.19. The largest absolute Gasteiger partial charge is 0.493 e. The maximum absolute atomic E-state index is 11.8. The molecule has 1 aliphatic rings. The second-order valence-electron chi connectivity index (χ2n) is 4.23. The van der Waals surface area contributed by atoms with Crippen molar-refractivity contribution in [2.75, 3.05) is 26.9 Å². The van der Waals surface area contributed by atoms with E-state index in [-0.39, 0.29) is 5.91 Å². The molecule has 18 heavy (non-hydrogen) atoms. The first-order valence-corrected chi connectivity index (χ1v) is 6.00. The minimum Gasteiger partial charge on any atom is -0.493 e. The van der Waals surface area contributed by atoms with Gasteiger partial charge in [0.25, 0.3) is 0 Å². The molecule has 0 fully saturated rings. The fraction of sp³-hybridized carbons (Fsp3) is 0.462. The van der Waals surface area contributed by atoms with E-state index in [0.717, 1.165) is 23.3 Å². The topological polar surface area (TPSA) is 73.6 Å². The van der Waals surface area contributed by atoms with Crippen LogP contribution in [0.5, 0.6) is 5.75 Å². The van der Waals surface area contributed by atoms with Gasteiger partial charge in [0, 0.05) is 20.1 Å². The molecule has 1 aromatic carbocycles. The molecule has 5 nitrogen and oxygen atoms in total. The van der Waals surface area contributed by atoms with Crippen LogP contribution in [-0.2, 0) is 16.0 Å². The Balaban J connectivity index is 2.00. The van der Waals surface area contributed by atoms with Gasteiger partial charge in [0.2, 0.25) is 5.91 Å². The van der Waals surface area contributed by atoms with Crippen molar-refractivity contribution in [2.45, 2.75) is 12.5 Å². The fourth-order valence-corrected chi connectivity index (χ4v) is 1.94. The van der Waals surface area contributed by atoms with Gasteiger partial charge in [-0.05, 0) is 23.3 Å². The van der Waals surface area contributed by atoms with Gasteiger partial charge in [-0.15, -0.1) is 0 Å². The van der Waals surface area contributed by atoms with E-state index in [1.165, 1.54) is 0 Å². The molecule has 3 N–H and O–H groups in total. The number of carbonyl (C=O) groups is 1. The lowest BCUT2D eigenvalue weighted by Gasteiger charge is -2.13. The molecule has 1 aromatic rings. The van der Waals surface area contributed by atoms with Crippen molar-refractivity contribution in [1.29, 1.82) is 0 Å². The average Bonchev–Trinajstić information content (AvgIpc) is 2.85. The first-order chi connectivity index (χ1) is 8.72. The van der Waals surface area contributed by atoms with Crippen molar-refractivity contribution >= 4 is 5.91 Å². The summed E-state index contributed by atoms with van der Waals surface area (Å²) in [4.78, 5) is 11.8. The predicted octanol–water partition coefficient (Wildman–Crippen LogP) is 0.384. The lowest BCUT2D eigenvalue weighted by Crippen LogP contribution is -2.35. The maximum atomic E-state index is 11.8. The number of carbonyl (C=O) groups excluding carboxylic acids is 1. The van der Waals surface area contributed by atoms with E-state index < -0.39 is 6.04 Å². The highest BCUT2D eigenvalue weighted by molar-refractivity contribution is 5.83. The molecule has 2 rings (SSSR count). The summed E-state index contributed by atoms with van der Waals surface area (Å²) in [6, 6.07) is 5.01. The van der Waals surface area contributed by atoms with Crippen LogP contribution in [0.4, 0.5) is 0 Å². The summed E-state index contributed by atoms with van der Waals surface area (Å²) < 4.78 is 10.3. The summed E-state index contributed by atoms with van der Waals surface area (Å²) in [5.74, 6) is 0.705. The molecule has 0 spiro atoms. The third kappa shape index (κ3) is 2.80. The Kier molecular flexibility index (Phi) is 4.17. The van der Waals surface area contributed by atoms with Crippen LogP contribution in [0.1, 0.15) is 17.2 Å². The highest BCUT2D eigenvalue weighted by Crippen LogP contribution is 2.27. The molecular weight excluding hydrogens is 232 g/mol. The molecule has 0 saturated heterocycles. The zero-order valence-electron chi connectivity index (χ0n) is 10.4. The van der Waals surface area contributed by atoms with Crippen LogP contribution in [0.25, 0.3) is 0 Å². The van der Waals surface area contributed by atoms with E-state index in [2.05, 4.69) is 5.32 Å². The summed E-state index contributed by atoms with van der Waals surface area (Å²) in [5.41, 5.74) is 7.85. The summed E-state index contributed by atoms with van der Waals surface area (Å²) >= 11 is 0. The third-order valence-corrected chi connectivity index (χ3v) is 2.96. The van der Waals surface area contributed by atoms with Crippen LogP contribution in [-0.4, -0.2) is 32.8 Å². The number of nitrogens with two attached hydrogens (primary N) is 1. The van der Waals surface area contributed by atoms with Crippen molar-refractivity contribution in [2.24, 2.45) is 5.73 Å². The summed E-state index contributed by atoms with van der Waals surface area (Å²) in [5, 5.41) is 2.73. The number of methoxy groups -OCH3 is 1. The fourth-order valence-electron chi connectivity index (χ4n) is 1.94. The molecule has 0 radical (unpaired) electrons. The standard InChI is InChI=1S/C13H18N2O3/c1-17-7-5-15-13(16)12(14)10-2-3-11-9(8-10)4-6-18-11/h2-3,8,12H,4-7,14H2,1H3,(H,15,16). The van der Waals surface area contributed by atoms with E-state index in [4.69, 9.17) is 15.2 Å². The van der Waals surface area contributed by atoms with Crippen molar-refractivity contribution in [3.05, 3.63) is 29.3 Å². The van der Waals surface area contributed by atoms with Gasteiger partial charge < -0.3 is 20.5 Å². The second-order valence-corrected chi connectivity index (χ2v) is 4.23. The smallest absolute Gasteiger partial charge is 0.241 e. The molecule has 1 amide bonds. The van der Waals surface area contributed by atoms with E-state index in [0.29, 0.717) is 19.8 Å². The Hall–Kier alpha value is -1.59. The van der Waals surface area contributed by atoms with Crippen LogP contribution >= 0.6 is 0 Å². The lowest BCUT2D eigenvalue weighted by atomic mass is 10.0. The first kappa shape index (κ1) is 12.9. The Morgan fingerprint density at radius 2 is 2.44 bits per heavy atom. The molecule has 1 aliphatic heterocycles. The number of nitrogens with one attached hydrogen (secondary N) is 1. The molecule has 1 heterocycles. The number of hydrogen-bond acceptors (Lipinski definition) is 4. The van der Waals surface area contributed by atoms with Gasteiger partial charge in [0.05, 0.1) is 13.2 Å². The zero-order valence-corrected chi connectivity index (χ0v) is 10.4. The summed E-state index contributed by atoms with van der Waals surface area (Å²) in [7, 11) is 1.59. The number of benzene rings is 1. The Morgan fingerprint density at radius 1 is 1.61 bits per heavy atom. The van der Waals surface area contributed by atoms with Crippen LogP contribution in [0, 0.1) is 0 Å². The van der Waals surface area contributed by atoms with E-state index >= 15 is 0 Å². The molecule has 98 valence electrons. The molecule has 0 saturated carbocycles. The molecule has 1 atom stereocenters. The number of fused-ring (bicyclic) bond motifs is 1. The third-order valence-electron chi connectivity index (χ3n) is 2.96. The molecule has 0 aromatic heterocycles. The van der Waals surface area contributed by atoms with Gasteiger partial charge >= 0.3 is 0 Å². The second kappa shape index (κ2) is 5.84. The first-order valence-electron chi connectivity index (χ1n) is 6.00. The van der Waals surface area contributed by atoms with Crippen molar-refractivity contribution in [3.8, 4) is 5.75 Å². The van der Waals surface area contributed by atoms with Gasteiger partial charge in [-0.1, -0.05) is 6.07 Å². The van der Waals surface area contributed by atoms with Crippen LogP contribution in [0.15, 0.2) is 18.2 Å².